The van der Waals surface area contributed by atoms with E-state index in [0.29, 0.717) is 31.4 Å². The van der Waals surface area contributed by atoms with E-state index in [0.717, 1.165) is 26.8 Å². The molecular weight excluding hydrogens is 505 g/mol. The largest absolute Gasteiger partial charge is 0.344 e. The van der Waals surface area contributed by atoms with E-state index in [1.807, 2.05) is 20.8 Å². The number of aromatic nitrogens is 2. The van der Waals surface area contributed by atoms with Crippen LogP contribution in [0.2, 0.25) is 10.0 Å². The van der Waals surface area contributed by atoms with Crippen molar-refractivity contribution < 1.29 is 4.79 Å². The smallest absolute Gasteiger partial charge is 0.337 e. The maximum Gasteiger partial charge on any atom is 0.337 e. The molecule has 0 radical (unpaired) electrons. The second kappa shape index (κ2) is 9.30. The fraction of sp³-hybridized carbons (Fsp3) is 0.269. The Labute approximate surface area is 216 Å². The number of carbonyl (C=O) groups excluding carboxylic acids is 1. The molecule has 2 heterocycles. The van der Waals surface area contributed by atoms with E-state index in [-0.39, 0.29) is 17.5 Å². The summed E-state index contributed by atoms with van der Waals surface area (Å²) >= 11 is 13.5. The number of halogens is 2. The Balaban J connectivity index is 2.12. The molecule has 0 unspecified atom stereocenters. The van der Waals surface area contributed by atoms with E-state index in [9.17, 15) is 14.4 Å². The van der Waals surface area contributed by atoms with Gasteiger partial charge >= 0.3 is 5.69 Å². The summed E-state index contributed by atoms with van der Waals surface area (Å²) in [7, 11) is 3.32. The Morgan fingerprint density at radius 3 is 2.17 bits per heavy atom. The van der Waals surface area contributed by atoms with Crippen LogP contribution in [0.1, 0.15) is 37.5 Å². The van der Waals surface area contributed by atoms with E-state index < -0.39 is 11.2 Å². The first-order valence-electron chi connectivity index (χ1n) is 10.9. The Bertz CT molecular complexity index is 1610. The highest BCUT2D eigenvalue weighted by Crippen LogP contribution is 2.31. The van der Waals surface area contributed by atoms with Crippen molar-refractivity contribution in [3.8, 4) is 5.69 Å². The number of thiophene rings is 1. The lowest BCUT2D eigenvalue weighted by Crippen LogP contribution is -2.39. The molecule has 0 aliphatic carbocycles. The SMILES string of the molecule is Cc1cc(C)c(Cn2c(=O)n(-c3ccc(Cl)c(Cl)c3)c(=O)c3c(C)c(C(=O)N(C)C)sc32)c(C)c1. The van der Waals surface area contributed by atoms with Crippen molar-refractivity contribution in [2.24, 2.45) is 0 Å². The molecule has 0 aliphatic heterocycles. The van der Waals surface area contributed by atoms with Gasteiger partial charge in [-0.15, -0.1) is 11.3 Å². The van der Waals surface area contributed by atoms with Gasteiger partial charge in [0.05, 0.1) is 32.5 Å². The molecule has 1 amide bonds. The number of carbonyl (C=O) groups is 1. The average Bonchev–Trinajstić information content (AvgIpc) is 3.11. The Morgan fingerprint density at radius 2 is 1.60 bits per heavy atom. The molecular formula is C26H25Cl2N3O3S. The molecule has 0 N–H and O–H groups in total. The molecule has 2 aromatic carbocycles. The van der Waals surface area contributed by atoms with Gasteiger partial charge in [0.15, 0.2) is 0 Å². The van der Waals surface area contributed by atoms with Crippen LogP contribution in [-0.4, -0.2) is 34.0 Å². The second-order valence-corrected chi connectivity index (χ2v) is 10.7. The highest BCUT2D eigenvalue weighted by atomic mass is 35.5. The highest BCUT2D eigenvalue weighted by molar-refractivity contribution is 7.20. The summed E-state index contributed by atoms with van der Waals surface area (Å²) < 4.78 is 2.68. The van der Waals surface area contributed by atoms with E-state index >= 15 is 0 Å². The van der Waals surface area contributed by atoms with Crippen LogP contribution < -0.4 is 11.2 Å². The maximum atomic E-state index is 13.9. The van der Waals surface area contributed by atoms with Crippen molar-refractivity contribution in [2.45, 2.75) is 34.2 Å². The number of hydrogen-bond acceptors (Lipinski definition) is 4. The van der Waals surface area contributed by atoms with Crippen LogP contribution >= 0.6 is 34.5 Å². The molecule has 0 saturated carbocycles. The summed E-state index contributed by atoms with van der Waals surface area (Å²) in [4.78, 5) is 42.8. The molecule has 4 rings (SSSR count). The molecule has 2 aromatic heterocycles. The van der Waals surface area contributed by atoms with E-state index in [1.54, 1.807) is 37.7 Å². The normalized spacial score (nSPS) is 11.3. The van der Waals surface area contributed by atoms with Gasteiger partial charge in [-0.1, -0.05) is 40.9 Å². The molecule has 0 fully saturated rings. The summed E-state index contributed by atoms with van der Waals surface area (Å²) in [6, 6.07) is 8.78. The first kappa shape index (κ1) is 25.2. The molecule has 0 saturated heterocycles. The molecule has 0 spiro atoms. The molecule has 0 bridgehead atoms. The van der Waals surface area contributed by atoms with Crippen molar-refractivity contribution in [1.82, 2.24) is 14.0 Å². The van der Waals surface area contributed by atoms with Gasteiger partial charge in [-0.2, -0.15) is 0 Å². The lowest BCUT2D eigenvalue weighted by molar-refractivity contribution is 0.0831. The Hall–Kier alpha value is -2.87. The summed E-state index contributed by atoms with van der Waals surface area (Å²) in [5.74, 6) is -0.217. The molecule has 9 heteroatoms. The zero-order chi connectivity index (χ0) is 25.8. The fourth-order valence-corrected chi connectivity index (χ4v) is 5.97. The molecule has 182 valence electrons. The minimum Gasteiger partial charge on any atom is -0.344 e. The van der Waals surface area contributed by atoms with Gasteiger partial charge in [0.2, 0.25) is 0 Å². The third kappa shape index (κ3) is 4.33. The number of fused-ring (bicyclic) bond motifs is 1. The Morgan fingerprint density at radius 1 is 0.971 bits per heavy atom. The molecule has 0 atom stereocenters. The minimum absolute atomic E-state index is 0.217. The van der Waals surface area contributed by atoms with Gasteiger partial charge in [0, 0.05) is 14.1 Å². The third-order valence-electron chi connectivity index (χ3n) is 6.13. The van der Waals surface area contributed by atoms with Gasteiger partial charge in [-0.05, 0) is 68.1 Å². The molecule has 6 nitrogen and oxygen atoms in total. The van der Waals surface area contributed by atoms with Gasteiger partial charge in [0.25, 0.3) is 11.5 Å². The van der Waals surface area contributed by atoms with Gasteiger partial charge in [0.1, 0.15) is 4.83 Å². The standard InChI is InChI=1S/C26H25Cl2N3O3S/c1-13-9-14(2)18(15(3)10-13)12-30-25-21(16(4)22(35-25)24(33)29(5)6)23(32)31(26(30)34)17-7-8-19(27)20(28)11-17/h7-11H,12H2,1-6H3. The number of amides is 1. The van der Waals surface area contributed by atoms with Gasteiger partial charge < -0.3 is 4.90 Å². The fourth-order valence-electron chi connectivity index (χ4n) is 4.36. The van der Waals surface area contributed by atoms with Crippen molar-refractivity contribution in [3.05, 3.63) is 93.9 Å². The summed E-state index contributed by atoms with van der Waals surface area (Å²) in [5.41, 5.74) is 4.08. The van der Waals surface area contributed by atoms with Crippen LogP contribution in [0.3, 0.4) is 0 Å². The van der Waals surface area contributed by atoms with Crippen LogP contribution in [-0.2, 0) is 6.54 Å². The lowest BCUT2D eigenvalue weighted by atomic mass is 10.00. The minimum atomic E-state index is -0.509. The van der Waals surface area contributed by atoms with Crippen molar-refractivity contribution in [3.63, 3.8) is 0 Å². The number of rotatable bonds is 4. The van der Waals surface area contributed by atoms with Crippen LogP contribution in [0.5, 0.6) is 0 Å². The van der Waals surface area contributed by atoms with Crippen molar-refractivity contribution in [1.29, 1.82) is 0 Å². The zero-order valence-electron chi connectivity index (χ0n) is 20.3. The van der Waals surface area contributed by atoms with Crippen molar-refractivity contribution in [2.75, 3.05) is 14.1 Å². The molecule has 0 aliphatic rings. The van der Waals surface area contributed by atoms with Gasteiger partial charge in [-0.25, -0.2) is 9.36 Å². The first-order valence-corrected chi connectivity index (χ1v) is 12.5. The topological polar surface area (TPSA) is 64.3 Å². The van der Waals surface area contributed by atoms with Crippen LogP contribution in [0.15, 0.2) is 39.9 Å². The van der Waals surface area contributed by atoms with Crippen LogP contribution in [0.25, 0.3) is 15.9 Å². The van der Waals surface area contributed by atoms with Gasteiger partial charge in [-0.3, -0.25) is 14.2 Å². The molecule has 4 aromatic rings. The quantitative estimate of drug-likeness (QED) is 0.350. The highest BCUT2D eigenvalue weighted by Gasteiger charge is 2.25. The number of aryl methyl sites for hydroxylation is 4. The second-order valence-electron chi connectivity index (χ2n) is 8.92. The van der Waals surface area contributed by atoms with E-state index in [4.69, 9.17) is 23.2 Å². The summed E-state index contributed by atoms with van der Waals surface area (Å²) in [5, 5.41) is 0.896. The number of nitrogens with zero attached hydrogens (tertiary/aromatic N) is 3. The summed E-state index contributed by atoms with van der Waals surface area (Å²) in [6.45, 7) is 8.04. The lowest BCUT2D eigenvalue weighted by Gasteiger charge is -2.16. The first-order chi connectivity index (χ1) is 16.4. The number of benzene rings is 2. The van der Waals surface area contributed by atoms with Crippen LogP contribution in [0.4, 0.5) is 0 Å². The Kier molecular flexibility index (Phi) is 6.70. The maximum absolute atomic E-state index is 13.9. The predicted octanol–water partition coefficient (Wildman–Crippen LogP) is 5.50. The summed E-state index contributed by atoms with van der Waals surface area (Å²) in [6.07, 6.45) is 0. The van der Waals surface area contributed by atoms with E-state index in [1.165, 1.54) is 22.3 Å². The predicted molar refractivity (Wildman–Crippen MR) is 144 cm³/mol. The monoisotopic (exact) mass is 529 g/mol. The van der Waals surface area contributed by atoms with Crippen molar-refractivity contribution >= 4 is 50.7 Å². The third-order valence-corrected chi connectivity index (χ3v) is 8.17. The average molecular weight is 530 g/mol. The zero-order valence-corrected chi connectivity index (χ0v) is 22.7. The van der Waals surface area contributed by atoms with E-state index in [2.05, 4.69) is 12.1 Å². The van der Waals surface area contributed by atoms with Crippen LogP contribution in [0, 0.1) is 27.7 Å². The number of hydrogen-bond donors (Lipinski definition) is 0. The molecule has 35 heavy (non-hydrogen) atoms.